The van der Waals surface area contributed by atoms with Gasteiger partial charge in [0, 0.05) is 12.5 Å². The first-order valence-electron chi connectivity index (χ1n) is 6.61. The van der Waals surface area contributed by atoms with Gasteiger partial charge in [-0.3, -0.25) is 4.79 Å². The molecule has 0 aliphatic rings. The molecule has 1 aromatic heterocycles. The molecule has 0 aliphatic heterocycles. The zero-order valence-electron chi connectivity index (χ0n) is 12.6. The lowest BCUT2D eigenvalue weighted by molar-refractivity contribution is -0.142. The Labute approximate surface area is 122 Å². The van der Waals surface area contributed by atoms with Crippen LogP contribution < -0.4 is 0 Å². The Morgan fingerprint density at radius 3 is 1.95 bits per heavy atom. The molecule has 116 valence electrons. The largest absolute Gasteiger partial charge is 0.461 e. The molecule has 1 N–H and O–H groups in total. The monoisotopic (exact) mass is 297 g/mol. The number of aromatic amines is 1. The molecule has 0 aliphatic carbocycles. The number of carbonyl (C=O) groups excluding carboxylic acids is 3. The number of rotatable bonds is 6. The van der Waals surface area contributed by atoms with E-state index in [1.54, 1.807) is 20.8 Å². The molecule has 7 nitrogen and oxygen atoms in total. The van der Waals surface area contributed by atoms with Gasteiger partial charge in [-0.15, -0.1) is 0 Å². The summed E-state index contributed by atoms with van der Waals surface area (Å²) in [5.74, 6) is -1.67. The van der Waals surface area contributed by atoms with E-state index in [2.05, 4.69) is 4.98 Å². The van der Waals surface area contributed by atoms with Crippen molar-refractivity contribution in [3.63, 3.8) is 0 Å². The van der Waals surface area contributed by atoms with Gasteiger partial charge in [0.15, 0.2) is 0 Å². The molecule has 0 spiro atoms. The van der Waals surface area contributed by atoms with Gasteiger partial charge in [0.1, 0.15) is 18.0 Å². The molecule has 7 heteroatoms. The molecule has 0 fully saturated rings. The highest BCUT2D eigenvalue weighted by Crippen LogP contribution is 2.21. The normalized spacial score (nSPS) is 10.1. The maximum Gasteiger partial charge on any atom is 0.355 e. The summed E-state index contributed by atoms with van der Waals surface area (Å²) in [5, 5.41) is 0. The molecule has 0 saturated heterocycles. The van der Waals surface area contributed by atoms with Crippen molar-refractivity contribution in [2.45, 2.75) is 34.3 Å². The Hall–Kier alpha value is -2.31. The van der Waals surface area contributed by atoms with E-state index in [0.29, 0.717) is 11.1 Å². The fraction of sp³-hybridized carbons (Fsp3) is 0.500. The Morgan fingerprint density at radius 1 is 0.952 bits per heavy atom. The maximum absolute atomic E-state index is 11.9. The highest BCUT2D eigenvalue weighted by molar-refractivity contribution is 5.96. The van der Waals surface area contributed by atoms with E-state index in [9.17, 15) is 14.4 Å². The summed E-state index contributed by atoms with van der Waals surface area (Å²) >= 11 is 0. The van der Waals surface area contributed by atoms with Crippen LogP contribution in [0.25, 0.3) is 0 Å². The number of carbonyl (C=O) groups is 3. The van der Waals surface area contributed by atoms with Gasteiger partial charge >= 0.3 is 17.9 Å². The van der Waals surface area contributed by atoms with E-state index in [1.165, 1.54) is 6.92 Å². The third kappa shape index (κ3) is 4.08. The van der Waals surface area contributed by atoms with Gasteiger partial charge in [-0.2, -0.15) is 0 Å². The topological polar surface area (TPSA) is 94.7 Å². The van der Waals surface area contributed by atoms with Crippen molar-refractivity contribution in [3.8, 4) is 0 Å². The first kappa shape index (κ1) is 16.7. The van der Waals surface area contributed by atoms with Crippen molar-refractivity contribution in [2.24, 2.45) is 0 Å². The molecule has 0 bridgehead atoms. The second-order valence-electron chi connectivity index (χ2n) is 4.20. The van der Waals surface area contributed by atoms with E-state index < -0.39 is 17.9 Å². The minimum absolute atomic E-state index is 0.0960. The second kappa shape index (κ2) is 7.47. The van der Waals surface area contributed by atoms with E-state index in [-0.39, 0.29) is 31.2 Å². The molecule has 21 heavy (non-hydrogen) atoms. The van der Waals surface area contributed by atoms with Gasteiger partial charge in [-0.25, -0.2) is 9.59 Å². The first-order chi connectivity index (χ1) is 9.92. The molecular weight excluding hydrogens is 278 g/mol. The molecule has 1 aromatic rings. The summed E-state index contributed by atoms with van der Waals surface area (Å²) in [5.41, 5.74) is 1.16. The van der Waals surface area contributed by atoms with Crippen molar-refractivity contribution >= 4 is 17.9 Å². The van der Waals surface area contributed by atoms with Crippen molar-refractivity contribution in [3.05, 3.63) is 22.5 Å². The average molecular weight is 297 g/mol. The number of hydrogen-bond acceptors (Lipinski definition) is 6. The molecular formula is C14H19NO6. The van der Waals surface area contributed by atoms with Crippen LogP contribution in [0.2, 0.25) is 0 Å². The molecule has 1 heterocycles. The smallest absolute Gasteiger partial charge is 0.355 e. The van der Waals surface area contributed by atoms with Crippen molar-refractivity contribution in [1.29, 1.82) is 0 Å². The number of nitrogens with one attached hydrogen (secondary N) is 1. The van der Waals surface area contributed by atoms with Crippen LogP contribution in [0.15, 0.2) is 0 Å². The summed E-state index contributed by atoms with van der Waals surface area (Å²) in [6, 6.07) is 0. The zero-order valence-corrected chi connectivity index (χ0v) is 12.6. The van der Waals surface area contributed by atoms with Gasteiger partial charge < -0.3 is 19.2 Å². The van der Waals surface area contributed by atoms with Crippen LogP contribution in [0, 0.1) is 6.92 Å². The highest BCUT2D eigenvalue weighted by Gasteiger charge is 2.25. The third-order valence-electron chi connectivity index (χ3n) is 2.76. The average Bonchev–Trinajstić information content (AvgIpc) is 2.74. The Morgan fingerprint density at radius 2 is 1.48 bits per heavy atom. The van der Waals surface area contributed by atoms with Crippen LogP contribution >= 0.6 is 0 Å². The predicted octanol–water partition coefficient (Wildman–Crippen LogP) is 1.74. The number of esters is 3. The lowest BCUT2D eigenvalue weighted by atomic mass is 10.1. The molecule has 0 saturated carbocycles. The maximum atomic E-state index is 11.9. The van der Waals surface area contributed by atoms with Crippen LogP contribution in [0.4, 0.5) is 0 Å². The van der Waals surface area contributed by atoms with E-state index >= 15 is 0 Å². The van der Waals surface area contributed by atoms with E-state index in [0.717, 1.165) is 0 Å². The standard InChI is InChI=1S/C14H19NO6/c1-5-19-13(17)11-8(3)10(7-21-9(4)16)12(15-11)14(18)20-6-2/h15H,5-7H2,1-4H3. The van der Waals surface area contributed by atoms with Gasteiger partial charge in [0.2, 0.25) is 0 Å². The molecule has 0 radical (unpaired) electrons. The van der Waals surface area contributed by atoms with Gasteiger partial charge in [0.05, 0.1) is 13.2 Å². The number of aromatic nitrogens is 1. The summed E-state index contributed by atoms with van der Waals surface area (Å²) in [4.78, 5) is 37.4. The van der Waals surface area contributed by atoms with Crippen molar-refractivity contribution in [1.82, 2.24) is 4.98 Å². The van der Waals surface area contributed by atoms with Gasteiger partial charge in [-0.1, -0.05) is 0 Å². The lowest BCUT2D eigenvalue weighted by Crippen LogP contribution is -2.10. The van der Waals surface area contributed by atoms with Crippen molar-refractivity contribution < 1.29 is 28.6 Å². The summed E-state index contributed by atoms with van der Waals surface area (Å²) in [6.07, 6.45) is 0. The first-order valence-corrected chi connectivity index (χ1v) is 6.61. The van der Waals surface area contributed by atoms with Crippen LogP contribution in [-0.4, -0.2) is 36.1 Å². The second-order valence-corrected chi connectivity index (χ2v) is 4.20. The molecule has 0 unspecified atom stereocenters. The SMILES string of the molecule is CCOC(=O)c1[nH]c(C(=O)OCC)c(COC(C)=O)c1C. The Kier molecular flexibility index (Phi) is 5.95. The zero-order chi connectivity index (χ0) is 16.0. The summed E-state index contributed by atoms with van der Waals surface area (Å²) in [6.45, 7) is 6.55. The fourth-order valence-corrected chi connectivity index (χ4v) is 1.77. The molecule has 0 amide bonds. The van der Waals surface area contributed by atoms with Gasteiger partial charge in [-0.05, 0) is 26.3 Å². The molecule has 0 atom stereocenters. The summed E-state index contributed by atoms with van der Waals surface area (Å²) < 4.78 is 14.7. The van der Waals surface area contributed by atoms with Crippen LogP contribution in [0.3, 0.4) is 0 Å². The van der Waals surface area contributed by atoms with E-state index in [4.69, 9.17) is 14.2 Å². The van der Waals surface area contributed by atoms with Crippen molar-refractivity contribution in [2.75, 3.05) is 13.2 Å². The minimum Gasteiger partial charge on any atom is -0.461 e. The predicted molar refractivity (Wildman–Crippen MR) is 72.9 cm³/mol. The third-order valence-corrected chi connectivity index (χ3v) is 2.76. The Balaban J connectivity index is 3.19. The lowest BCUT2D eigenvalue weighted by Gasteiger charge is -2.05. The number of H-pyrrole nitrogens is 1. The quantitative estimate of drug-likeness (QED) is 0.635. The fourth-order valence-electron chi connectivity index (χ4n) is 1.77. The molecule has 1 rings (SSSR count). The highest BCUT2D eigenvalue weighted by atomic mass is 16.5. The van der Waals surface area contributed by atoms with Crippen LogP contribution in [-0.2, 0) is 25.6 Å². The minimum atomic E-state index is -0.613. The summed E-state index contributed by atoms with van der Waals surface area (Å²) in [7, 11) is 0. The number of ether oxygens (including phenoxy) is 3. The number of hydrogen-bond donors (Lipinski definition) is 1. The Bertz CT molecular complexity index is 546. The van der Waals surface area contributed by atoms with E-state index in [1.807, 2.05) is 0 Å². The van der Waals surface area contributed by atoms with Crippen LogP contribution in [0.1, 0.15) is 52.9 Å². The van der Waals surface area contributed by atoms with Gasteiger partial charge in [0.25, 0.3) is 0 Å². The van der Waals surface area contributed by atoms with Crippen LogP contribution in [0.5, 0.6) is 0 Å². The molecule has 0 aromatic carbocycles.